The zero-order valence-corrected chi connectivity index (χ0v) is 45.6. The fourth-order valence-corrected chi connectivity index (χ4v) is 10.0. The van der Waals surface area contributed by atoms with Gasteiger partial charge in [0.15, 0.2) is 23.3 Å². The van der Waals surface area contributed by atoms with E-state index >= 15 is 0 Å². The number of aromatic nitrogens is 2. The molecule has 8 rings (SSSR count). The monoisotopic (exact) mass is 1080 g/mol. The quantitative estimate of drug-likeness (QED) is 0.0416. The van der Waals surface area contributed by atoms with Gasteiger partial charge in [-0.25, -0.2) is 13.8 Å². The summed E-state index contributed by atoms with van der Waals surface area (Å²) in [5, 5.41) is 24.4. The molecule has 4 aromatic rings. The van der Waals surface area contributed by atoms with Gasteiger partial charge in [-0.1, -0.05) is 32.9 Å². The van der Waals surface area contributed by atoms with E-state index in [4.69, 9.17) is 19.2 Å². The van der Waals surface area contributed by atoms with E-state index in [1.807, 2.05) is 17.9 Å². The van der Waals surface area contributed by atoms with Crippen LogP contribution in [-0.4, -0.2) is 179 Å². The average Bonchev–Trinajstić information content (AvgIpc) is 3.99. The number of piperazine rings is 1. The van der Waals surface area contributed by atoms with Crippen LogP contribution in [0.5, 0.6) is 5.75 Å². The van der Waals surface area contributed by atoms with Gasteiger partial charge in [-0.3, -0.25) is 24.3 Å². The van der Waals surface area contributed by atoms with Crippen LogP contribution >= 0.6 is 24.0 Å². The standard InChI is InChI=1S/C24H33F2N5O4S2.C24H31FN4O2.C5H11NO/c1-24(36,5-7-28-16-32)4-6-27-8-9-29-20(33)14-35-22-17(2-3-18(25)21(22)26)19-15-37-23(30-19)31-10-12-34-13-11-31;1-16-12-28(9-8-26-16)13-22(31)29-15-24(2,3)23-21(29)11-18(20(14-30)27-23)10-17-4-6-19(25)7-5-17;1-6-2-4-7-5-3-6/h2-3,15-16,27,36H,4-14H2,1H3,(H,28,32)(H,29,33);4-7,11,16,26,30H,8-10,12-15H2,1-3H3;2-5H2,1H3. The van der Waals surface area contributed by atoms with Gasteiger partial charge in [0, 0.05) is 99.1 Å². The van der Waals surface area contributed by atoms with E-state index in [0.717, 1.165) is 92.5 Å². The summed E-state index contributed by atoms with van der Waals surface area (Å²) >= 11 is 6.00. The normalized spacial score (nSPS) is 18.4. The molecule has 5 N–H and O–H groups in total. The van der Waals surface area contributed by atoms with Crippen LogP contribution in [0, 0.1) is 17.5 Å². The largest absolute Gasteiger partial charge is 0.480 e. The molecule has 0 aliphatic carbocycles. The summed E-state index contributed by atoms with van der Waals surface area (Å²) in [6.07, 6.45) is 2.70. The molecule has 22 heteroatoms. The minimum atomic E-state index is -1.16. The number of thiol groups is 1. The van der Waals surface area contributed by atoms with Gasteiger partial charge in [0.2, 0.25) is 18.1 Å². The van der Waals surface area contributed by atoms with Gasteiger partial charge in [-0.05, 0) is 81.2 Å². The molecule has 2 aromatic carbocycles. The zero-order valence-electron chi connectivity index (χ0n) is 43.9. The van der Waals surface area contributed by atoms with Crippen LogP contribution < -0.4 is 35.8 Å². The van der Waals surface area contributed by atoms with E-state index in [0.29, 0.717) is 95.8 Å². The Bertz CT molecular complexity index is 2460. The number of carbonyl (C=O) groups is 3. The molecular formula is C53H75F3N10O7S2. The lowest BCUT2D eigenvalue weighted by Gasteiger charge is -2.32. The number of amides is 3. The van der Waals surface area contributed by atoms with Crippen molar-refractivity contribution >= 4 is 53.0 Å². The van der Waals surface area contributed by atoms with Crippen molar-refractivity contribution in [2.75, 3.05) is 135 Å². The minimum Gasteiger partial charge on any atom is -0.480 e. The molecule has 412 valence electrons. The van der Waals surface area contributed by atoms with Crippen LogP contribution in [0.1, 0.15) is 63.1 Å². The number of thiazole rings is 1. The smallest absolute Gasteiger partial charge is 0.257 e. The second-order valence-electron chi connectivity index (χ2n) is 20.1. The van der Waals surface area contributed by atoms with Gasteiger partial charge in [0.1, 0.15) is 5.82 Å². The van der Waals surface area contributed by atoms with Crippen LogP contribution in [-0.2, 0) is 42.3 Å². The number of aliphatic hydroxyl groups is 1. The first-order valence-electron chi connectivity index (χ1n) is 25.6. The molecule has 6 heterocycles. The van der Waals surface area contributed by atoms with Gasteiger partial charge in [-0.2, -0.15) is 17.0 Å². The van der Waals surface area contributed by atoms with Gasteiger partial charge in [-0.15, -0.1) is 11.3 Å². The molecule has 3 amide bonds. The second kappa shape index (κ2) is 29.0. The molecule has 4 aliphatic rings. The Kier molecular flexibility index (Phi) is 22.9. The predicted molar refractivity (Wildman–Crippen MR) is 290 cm³/mol. The number of anilines is 2. The number of hydrogen-bond acceptors (Lipinski definition) is 16. The SMILES string of the molecule is CC(S)(CCNC=O)CCNCCNC(=O)COc1c(-c2csc(N3CCOCC3)n2)ccc(F)c1F.CC1CN(CC(=O)N2CC(C)(C)c3nc(CO)c(Cc4ccc(F)cc4)cc32)CCN1.CN1CCOCC1. The molecular weight excluding hydrogens is 1010 g/mol. The number of hydrogen-bond donors (Lipinski definition) is 6. The van der Waals surface area contributed by atoms with E-state index < -0.39 is 24.1 Å². The van der Waals surface area contributed by atoms with Crippen molar-refractivity contribution in [2.45, 2.75) is 69.8 Å². The second-order valence-corrected chi connectivity index (χ2v) is 22.0. The number of rotatable bonds is 20. The number of ether oxygens (including phenoxy) is 3. The number of halogens is 3. The number of benzene rings is 2. The van der Waals surface area contributed by atoms with Crippen LogP contribution in [0.2, 0.25) is 0 Å². The molecule has 0 spiro atoms. The van der Waals surface area contributed by atoms with Crippen molar-refractivity contribution in [1.29, 1.82) is 0 Å². The number of likely N-dealkylation sites (N-methyl/N-ethyl adjacent to an activating group) is 1. The Balaban J connectivity index is 0.000000217. The average molecular weight is 1090 g/mol. The van der Waals surface area contributed by atoms with Crippen molar-refractivity contribution in [3.63, 3.8) is 0 Å². The third-order valence-electron chi connectivity index (χ3n) is 13.3. The van der Waals surface area contributed by atoms with Gasteiger partial charge in [0.05, 0.1) is 62.3 Å². The number of carbonyl (C=O) groups excluding carboxylic acids is 3. The molecule has 0 radical (unpaired) electrons. The summed E-state index contributed by atoms with van der Waals surface area (Å²) in [5.74, 6) is -3.23. The fraction of sp³-hybridized carbons (Fsp3) is 0.566. The van der Waals surface area contributed by atoms with E-state index in [2.05, 4.69) is 81.4 Å². The molecule has 17 nitrogen and oxygen atoms in total. The van der Waals surface area contributed by atoms with Crippen molar-refractivity contribution in [3.05, 3.63) is 87.8 Å². The molecule has 75 heavy (non-hydrogen) atoms. The number of aliphatic hydroxyl groups excluding tert-OH is 1. The summed E-state index contributed by atoms with van der Waals surface area (Å²) in [4.78, 5) is 53.6. The molecule has 2 unspecified atom stereocenters. The van der Waals surface area contributed by atoms with Crippen LogP contribution in [0.4, 0.5) is 24.0 Å². The predicted octanol–water partition coefficient (Wildman–Crippen LogP) is 4.39. The lowest BCUT2D eigenvalue weighted by molar-refractivity contribution is -0.123. The zero-order chi connectivity index (χ0) is 54.0. The number of fused-ring (bicyclic) bond motifs is 1. The summed E-state index contributed by atoms with van der Waals surface area (Å²) in [6.45, 7) is 20.0. The van der Waals surface area contributed by atoms with Crippen LogP contribution in [0.25, 0.3) is 11.3 Å². The summed E-state index contributed by atoms with van der Waals surface area (Å²) in [5.41, 5.74) is 4.52. The molecule has 4 aliphatic heterocycles. The highest BCUT2D eigenvalue weighted by Gasteiger charge is 2.41. The third kappa shape index (κ3) is 18.1. The Morgan fingerprint density at radius 2 is 1.69 bits per heavy atom. The van der Waals surface area contributed by atoms with Crippen LogP contribution in [0.15, 0.2) is 47.8 Å². The third-order valence-corrected chi connectivity index (χ3v) is 14.6. The topological polar surface area (TPSA) is 186 Å². The lowest BCUT2D eigenvalue weighted by atomic mass is 9.90. The number of nitrogens with one attached hydrogen (secondary N) is 4. The van der Waals surface area contributed by atoms with E-state index in [-0.39, 0.29) is 39.8 Å². The van der Waals surface area contributed by atoms with Crippen molar-refractivity contribution < 1.29 is 46.9 Å². The highest BCUT2D eigenvalue weighted by Crippen LogP contribution is 2.41. The fourth-order valence-electron chi connectivity index (χ4n) is 8.91. The first-order chi connectivity index (χ1) is 36.0. The molecule has 3 fully saturated rings. The Morgan fingerprint density at radius 3 is 2.36 bits per heavy atom. The van der Waals surface area contributed by atoms with Crippen LogP contribution in [0.3, 0.4) is 0 Å². The van der Waals surface area contributed by atoms with Crippen molar-refractivity contribution in [3.8, 4) is 17.0 Å². The highest BCUT2D eigenvalue weighted by molar-refractivity contribution is 7.81. The molecule has 0 saturated carbocycles. The Hall–Kier alpha value is -4.91. The van der Waals surface area contributed by atoms with Crippen molar-refractivity contribution in [2.24, 2.45) is 0 Å². The molecule has 0 bridgehead atoms. The molecule has 2 atom stereocenters. The highest BCUT2D eigenvalue weighted by atomic mass is 32.1. The van der Waals surface area contributed by atoms with E-state index in [9.17, 15) is 32.7 Å². The van der Waals surface area contributed by atoms with E-state index in [1.165, 1.54) is 29.5 Å². The number of nitrogens with zero attached hydrogens (tertiary/aromatic N) is 6. The van der Waals surface area contributed by atoms with Gasteiger partial charge in [0.25, 0.3) is 5.91 Å². The van der Waals surface area contributed by atoms with Gasteiger partial charge < -0.3 is 55.3 Å². The molecule has 2 aromatic heterocycles. The maximum absolute atomic E-state index is 14.6. The number of pyridine rings is 1. The Morgan fingerprint density at radius 1 is 0.987 bits per heavy atom. The Labute approximate surface area is 448 Å². The first-order valence-corrected chi connectivity index (χ1v) is 27.0. The summed E-state index contributed by atoms with van der Waals surface area (Å²) in [7, 11) is 2.11. The first kappa shape index (κ1) is 59.3. The van der Waals surface area contributed by atoms with Crippen molar-refractivity contribution in [1.82, 2.24) is 41.0 Å². The summed E-state index contributed by atoms with van der Waals surface area (Å²) in [6, 6.07) is 11.1. The lowest BCUT2D eigenvalue weighted by Crippen LogP contribution is -2.52. The maximum Gasteiger partial charge on any atom is 0.257 e. The minimum absolute atomic E-state index is 0.0761. The van der Waals surface area contributed by atoms with E-state index in [1.54, 1.807) is 17.5 Å². The van der Waals surface area contributed by atoms with Gasteiger partial charge >= 0.3 is 0 Å². The summed E-state index contributed by atoms with van der Waals surface area (Å²) < 4.78 is 57.5. The molecule has 3 saturated heterocycles. The maximum atomic E-state index is 14.6. The number of morpholine rings is 2.